The van der Waals surface area contributed by atoms with E-state index in [4.69, 9.17) is 4.74 Å². The van der Waals surface area contributed by atoms with Crippen LogP contribution in [0.1, 0.15) is 37.3 Å². The summed E-state index contributed by atoms with van der Waals surface area (Å²) < 4.78 is 5.27. The fourth-order valence-corrected chi connectivity index (χ4v) is 2.37. The highest BCUT2D eigenvalue weighted by Gasteiger charge is 2.24. The summed E-state index contributed by atoms with van der Waals surface area (Å²) in [7, 11) is 0. The van der Waals surface area contributed by atoms with Gasteiger partial charge in [0.2, 0.25) is 0 Å². The second-order valence-electron chi connectivity index (χ2n) is 5.76. The van der Waals surface area contributed by atoms with Gasteiger partial charge in [-0.2, -0.15) is 0 Å². The minimum atomic E-state index is -0.760. The molecule has 2 rings (SSSR count). The van der Waals surface area contributed by atoms with E-state index in [1.165, 1.54) is 5.56 Å². The first-order valence-electron chi connectivity index (χ1n) is 7.75. The van der Waals surface area contributed by atoms with Crippen LogP contribution in [0.25, 0.3) is 0 Å². The SMILES string of the molecule is Cc1ccc(CNC(=O)[C@@H](C)OC(=O)[C@H]2CC=CCC2)cc1. The Morgan fingerprint density at radius 2 is 2.00 bits per heavy atom. The van der Waals surface area contributed by atoms with Crippen LogP contribution in [0.4, 0.5) is 0 Å². The molecule has 0 bridgehead atoms. The van der Waals surface area contributed by atoms with E-state index in [-0.39, 0.29) is 17.8 Å². The van der Waals surface area contributed by atoms with Gasteiger partial charge in [0.15, 0.2) is 6.10 Å². The Hall–Kier alpha value is -2.10. The zero-order valence-corrected chi connectivity index (χ0v) is 13.2. The van der Waals surface area contributed by atoms with E-state index in [2.05, 4.69) is 11.4 Å². The van der Waals surface area contributed by atoms with Crippen molar-refractivity contribution >= 4 is 11.9 Å². The van der Waals surface area contributed by atoms with Crippen LogP contribution < -0.4 is 5.32 Å². The largest absolute Gasteiger partial charge is 0.452 e. The van der Waals surface area contributed by atoms with E-state index >= 15 is 0 Å². The average molecular weight is 301 g/mol. The number of carbonyl (C=O) groups is 2. The summed E-state index contributed by atoms with van der Waals surface area (Å²) in [6, 6.07) is 7.95. The number of allylic oxidation sites excluding steroid dienone is 2. The second kappa shape index (κ2) is 7.78. The summed E-state index contributed by atoms with van der Waals surface area (Å²) >= 11 is 0. The molecule has 0 radical (unpaired) electrons. The van der Waals surface area contributed by atoms with E-state index < -0.39 is 6.10 Å². The number of ether oxygens (including phenoxy) is 1. The fourth-order valence-electron chi connectivity index (χ4n) is 2.37. The van der Waals surface area contributed by atoms with Gasteiger partial charge in [-0.1, -0.05) is 42.0 Å². The molecule has 0 aliphatic heterocycles. The first-order chi connectivity index (χ1) is 10.6. The molecule has 22 heavy (non-hydrogen) atoms. The van der Waals surface area contributed by atoms with E-state index in [0.717, 1.165) is 18.4 Å². The molecule has 0 saturated heterocycles. The highest BCUT2D eigenvalue weighted by molar-refractivity contribution is 5.84. The predicted molar refractivity (Wildman–Crippen MR) is 85.1 cm³/mol. The summed E-state index contributed by atoms with van der Waals surface area (Å²) in [4.78, 5) is 24.0. The van der Waals surface area contributed by atoms with E-state index in [9.17, 15) is 9.59 Å². The number of hydrogen-bond acceptors (Lipinski definition) is 3. The predicted octanol–water partition coefficient (Wildman–Crippen LogP) is 2.90. The van der Waals surface area contributed by atoms with Crippen molar-refractivity contribution in [2.75, 3.05) is 0 Å². The molecule has 1 N–H and O–H groups in total. The molecule has 1 aromatic carbocycles. The number of carbonyl (C=O) groups excluding carboxylic acids is 2. The van der Waals surface area contributed by atoms with Crippen LogP contribution in [-0.2, 0) is 20.9 Å². The van der Waals surface area contributed by atoms with Crippen LogP contribution in [0.15, 0.2) is 36.4 Å². The van der Waals surface area contributed by atoms with Crippen molar-refractivity contribution in [3.8, 4) is 0 Å². The van der Waals surface area contributed by atoms with E-state index in [1.54, 1.807) is 6.92 Å². The lowest BCUT2D eigenvalue weighted by Crippen LogP contribution is -2.36. The maximum Gasteiger partial charge on any atom is 0.310 e. The van der Waals surface area contributed by atoms with E-state index in [0.29, 0.717) is 13.0 Å². The lowest BCUT2D eigenvalue weighted by molar-refractivity contribution is -0.159. The highest BCUT2D eigenvalue weighted by atomic mass is 16.5. The van der Waals surface area contributed by atoms with Crippen molar-refractivity contribution in [2.24, 2.45) is 5.92 Å². The van der Waals surface area contributed by atoms with Gasteiger partial charge in [-0.05, 0) is 38.7 Å². The van der Waals surface area contributed by atoms with Gasteiger partial charge in [0, 0.05) is 6.54 Å². The molecule has 4 nitrogen and oxygen atoms in total. The molecule has 1 amide bonds. The number of amides is 1. The normalized spacial score (nSPS) is 18.5. The lowest BCUT2D eigenvalue weighted by Gasteiger charge is -2.19. The molecule has 118 valence electrons. The average Bonchev–Trinajstić information content (AvgIpc) is 2.54. The zero-order chi connectivity index (χ0) is 15.9. The third-order valence-electron chi connectivity index (χ3n) is 3.85. The summed E-state index contributed by atoms with van der Waals surface area (Å²) in [6.45, 7) is 4.07. The van der Waals surface area contributed by atoms with Crippen molar-refractivity contribution < 1.29 is 14.3 Å². The third kappa shape index (κ3) is 4.72. The molecule has 0 unspecified atom stereocenters. The van der Waals surface area contributed by atoms with Crippen molar-refractivity contribution in [3.63, 3.8) is 0 Å². The van der Waals surface area contributed by atoms with Gasteiger partial charge in [-0.25, -0.2) is 0 Å². The first kappa shape index (κ1) is 16.3. The minimum absolute atomic E-state index is 0.114. The Morgan fingerprint density at radius 3 is 2.64 bits per heavy atom. The maximum atomic E-state index is 12.0. The topological polar surface area (TPSA) is 55.4 Å². The van der Waals surface area contributed by atoms with Gasteiger partial charge in [-0.3, -0.25) is 9.59 Å². The second-order valence-corrected chi connectivity index (χ2v) is 5.76. The molecule has 0 fully saturated rings. The number of esters is 1. The summed E-state index contributed by atoms with van der Waals surface area (Å²) in [5, 5.41) is 2.80. The maximum absolute atomic E-state index is 12.0. The zero-order valence-electron chi connectivity index (χ0n) is 13.2. The Labute approximate surface area is 131 Å². The van der Waals surface area contributed by atoms with Crippen molar-refractivity contribution in [3.05, 3.63) is 47.5 Å². The molecule has 1 aliphatic rings. The first-order valence-corrected chi connectivity index (χ1v) is 7.75. The van der Waals surface area contributed by atoms with Gasteiger partial charge in [0.25, 0.3) is 5.91 Å². The molecule has 0 aromatic heterocycles. The van der Waals surface area contributed by atoms with Crippen LogP contribution in [0.3, 0.4) is 0 Å². The molecule has 0 spiro atoms. The third-order valence-corrected chi connectivity index (χ3v) is 3.85. The van der Waals surface area contributed by atoms with Crippen LogP contribution in [0, 0.1) is 12.8 Å². The van der Waals surface area contributed by atoms with Gasteiger partial charge < -0.3 is 10.1 Å². The molecule has 1 aromatic rings. The molecular formula is C18H23NO3. The molecule has 1 aliphatic carbocycles. The van der Waals surface area contributed by atoms with Crippen LogP contribution in [0.2, 0.25) is 0 Å². The molecule has 0 heterocycles. The van der Waals surface area contributed by atoms with Gasteiger partial charge in [0.1, 0.15) is 0 Å². The van der Waals surface area contributed by atoms with Gasteiger partial charge >= 0.3 is 5.97 Å². The Bertz CT molecular complexity index is 548. The summed E-state index contributed by atoms with van der Waals surface area (Å²) in [5.41, 5.74) is 2.20. The van der Waals surface area contributed by atoms with Crippen molar-refractivity contribution in [2.45, 2.75) is 45.8 Å². The minimum Gasteiger partial charge on any atom is -0.452 e. The highest BCUT2D eigenvalue weighted by Crippen LogP contribution is 2.20. The standard InChI is InChI=1S/C18H23NO3/c1-13-8-10-15(11-9-13)12-19-17(20)14(2)22-18(21)16-6-4-3-5-7-16/h3-4,8-11,14,16H,5-7,12H2,1-2H3,(H,19,20)/t14-,16+/m1/s1. The van der Waals surface area contributed by atoms with Crippen LogP contribution in [0.5, 0.6) is 0 Å². The number of benzene rings is 1. The molecular weight excluding hydrogens is 278 g/mol. The smallest absolute Gasteiger partial charge is 0.310 e. The quantitative estimate of drug-likeness (QED) is 0.672. The molecule has 4 heteroatoms. The van der Waals surface area contributed by atoms with Crippen molar-refractivity contribution in [1.82, 2.24) is 5.32 Å². The van der Waals surface area contributed by atoms with Gasteiger partial charge in [0.05, 0.1) is 5.92 Å². The molecule has 2 atom stereocenters. The van der Waals surface area contributed by atoms with E-state index in [1.807, 2.05) is 37.3 Å². The van der Waals surface area contributed by atoms with Crippen molar-refractivity contribution in [1.29, 1.82) is 0 Å². The lowest BCUT2D eigenvalue weighted by atomic mass is 9.95. The number of aryl methyl sites for hydroxylation is 1. The Balaban J connectivity index is 1.77. The number of nitrogens with one attached hydrogen (secondary N) is 1. The monoisotopic (exact) mass is 301 g/mol. The summed E-state index contributed by atoms with van der Waals surface area (Å²) in [6.07, 6.45) is 5.71. The fraction of sp³-hybridized carbons (Fsp3) is 0.444. The number of hydrogen-bond donors (Lipinski definition) is 1. The van der Waals surface area contributed by atoms with Crippen LogP contribution in [-0.4, -0.2) is 18.0 Å². The number of rotatable bonds is 5. The van der Waals surface area contributed by atoms with Crippen LogP contribution >= 0.6 is 0 Å². The summed E-state index contributed by atoms with van der Waals surface area (Å²) in [5.74, 6) is -0.653. The van der Waals surface area contributed by atoms with Gasteiger partial charge in [-0.15, -0.1) is 0 Å². The Kier molecular flexibility index (Phi) is 5.75. The Morgan fingerprint density at radius 1 is 1.27 bits per heavy atom. The molecule has 0 saturated carbocycles.